The van der Waals surface area contributed by atoms with Crippen molar-refractivity contribution in [1.82, 2.24) is 10.6 Å². The molecular weight excluding hydrogens is 444 g/mol. The first-order valence-corrected chi connectivity index (χ1v) is 12.5. The van der Waals surface area contributed by atoms with E-state index in [4.69, 9.17) is 4.74 Å². The van der Waals surface area contributed by atoms with Crippen LogP contribution in [0.4, 0.5) is 4.79 Å². The Bertz CT molecular complexity index is 1070. The van der Waals surface area contributed by atoms with Crippen molar-refractivity contribution < 1.29 is 24.2 Å². The van der Waals surface area contributed by atoms with Gasteiger partial charge in [-0.2, -0.15) is 0 Å². The van der Waals surface area contributed by atoms with Crippen molar-refractivity contribution in [2.45, 2.75) is 44.4 Å². The van der Waals surface area contributed by atoms with E-state index in [1.54, 1.807) is 0 Å². The van der Waals surface area contributed by atoms with Crippen LogP contribution in [0.3, 0.4) is 0 Å². The third-order valence-corrected chi connectivity index (χ3v) is 8.07. The highest BCUT2D eigenvalue weighted by molar-refractivity contribution is 5.80. The quantitative estimate of drug-likeness (QED) is 0.500. The van der Waals surface area contributed by atoms with E-state index in [2.05, 4.69) is 34.9 Å². The van der Waals surface area contributed by atoms with Gasteiger partial charge in [0.1, 0.15) is 6.61 Å². The molecule has 2 saturated carbocycles. The van der Waals surface area contributed by atoms with E-state index in [1.165, 1.54) is 22.3 Å². The smallest absolute Gasteiger partial charge is 0.407 e. The number of carboxylic acids is 1. The highest BCUT2D eigenvalue weighted by Crippen LogP contribution is 2.44. The highest BCUT2D eigenvalue weighted by Gasteiger charge is 2.44. The molecule has 3 aliphatic carbocycles. The van der Waals surface area contributed by atoms with Crippen LogP contribution in [-0.2, 0) is 14.3 Å². The number of amides is 2. The molecule has 0 aliphatic heterocycles. The lowest BCUT2D eigenvalue weighted by molar-refractivity contribution is -0.154. The van der Waals surface area contributed by atoms with Crippen molar-refractivity contribution in [2.75, 3.05) is 19.7 Å². The molecule has 2 aromatic rings. The summed E-state index contributed by atoms with van der Waals surface area (Å²) in [6.45, 7) is 1.06. The van der Waals surface area contributed by atoms with Gasteiger partial charge in [-0.1, -0.05) is 55.0 Å². The van der Waals surface area contributed by atoms with Gasteiger partial charge in [0.05, 0.1) is 5.41 Å². The molecule has 0 heterocycles. The zero-order valence-electron chi connectivity index (χ0n) is 19.8. The second kappa shape index (κ2) is 9.72. The number of nitrogens with one attached hydrogen (secondary N) is 2. The Balaban J connectivity index is 1.01. The van der Waals surface area contributed by atoms with Crippen molar-refractivity contribution in [2.24, 2.45) is 17.3 Å². The van der Waals surface area contributed by atoms with Crippen molar-refractivity contribution in [3.8, 4) is 11.1 Å². The lowest BCUT2D eigenvalue weighted by atomic mass is 9.68. The van der Waals surface area contributed by atoms with E-state index < -0.39 is 17.5 Å². The maximum atomic E-state index is 12.4. The topological polar surface area (TPSA) is 105 Å². The van der Waals surface area contributed by atoms with Crippen molar-refractivity contribution >= 4 is 18.0 Å². The Labute approximate surface area is 205 Å². The van der Waals surface area contributed by atoms with Gasteiger partial charge < -0.3 is 20.5 Å². The van der Waals surface area contributed by atoms with Crippen LogP contribution in [0.5, 0.6) is 0 Å². The summed E-state index contributed by atoms with van der Waals surface area (Å²) in [6, 6.07) is 16.5. The molecule has 2 aromatic carbocycles. The second-order valence-corrected chi connectivity index (χ2v) is 10.3. The van der Waals surface area contributed by atoms with E-state index in [9.17, 15) is 19.5 Å². The van der Waals surface area contributed by atoms with Gasteiger partial charge in [0, 0.05) is 25.4 Å². The highest BCUT2D eigenvalue weighted by atomic mass is 16.5. The lowest BCUT2D eigenvalue weighted by Crippen LogP contribution is -2.48. The van der Waals surface area contributed by atoms with E-state index in [0.29, 0.717) is 38.3 Å². The second-order valence-electron chi connectivity index (χ2n) is 10.3. The summed E-state index contributed by atoms with van der Waals surface area (Å²) in [7, 11) is 0. The molecule has 7 nitrogen and oxygen atoms in total. The fraction of sp³-hybridized carbons (Fsp3) is 0.464. The SMILES string of the molecule is O=C(CC1CC(CNC(=O)OCC2c3ccccc3-c3ccccc32)C1)NCC1(C(=O)O)CCC1. The van der Waals surface area contributed by atoms with Gasteiger partial charge in [-0.25, -0.2) is 4.79 Å². The van der Waals surface area contributed by atoms with Gasteiger partial charge in [0.15, 0.2) is 0 Å². The largest absolute Gasteiger partial charge is 0.481 e. The van der Waals surface area contributed by atoms with E-state index in [-0.39, 0.29) is 24.3 Å². The molecule has 5 rings (SSSR count). The average Bonchev–Trinajstić information content (AvgIpc) is 3.12. The minimum atomic E-state index is -0.813. The number of carbonyl (C=O) groups is 3. The number of alkyl carbamates (subject to hydrolysis) is 1. The van der Waals surface area contributed by atoms with Crippen LogP contribution in [0.1, 0.15) is 55.6 Å². The minimum Gasteiger partial charge on any atom is -0.481 e. The number of fused-ring (bicyclic) bond motifs is 3. The van der Waals surface area contributed by atoms with Crippen LogP contribution in [0.2, 0.25) is 0 Å². The van der Waals surface area contributed by atoms with Gasteiger partial charge >= 0.3 is 12.1 Å². The third-order valence-electron chi connectivity index (χ3n) is 8.07. The number of carboxylic acid groups (broad SMARTS) is 1. The summed E-state index contributed by atoms with van der Waals surface area (Å²) < 4.78 is 5.59. The number of rotatable bonds is 9. The Hall–Kier alpha value is -3.35. The van der Waals surface area contributed by atoms with Crippen molar-refractivity contribution in [1.29, 1.82) is 0 Å². The molecule has 3 aliphatic rings. The molecule has 3 N–H and O–H groups in total. The van der Waals surface area contributed by atoms with Gasteiger partial charge in [-0.15, -0.1) is 0 Å². The molecule has 0 atom stereocenters. The Morgan fingerprint density at radius 1 is 0.914 bits per heavy atom. The Kier molecular flexibility index (Phi) is 6.50. The number of hydrogen-bond acceptors (Lipinski definition) is 4. The molecule has 0 aromatic heterocycles. The first-order valence-electron chi connectivity index (χ1n) is 12.5. The van der Waals surface area contributed by atoms with E-state index in [1.807, 2.05) is 24.3 Å². The molecule has 2 fully saturated rings. The number of benzene rings is 2. The number of carbonyl (C=O) groups excluding carboxylic acids is 2. The van der Waals surface area contributed by atoms with Gasteiger partial charge in [-0.05, 0) is 59.8 Å². The summed E-state index contributed by atoms with van der Waals surface area (Å²) in [5.41, 5.74) is 4.02. The Morgan fingerprint density at radius 3 is 2.11 bits per heavy atom. The van der Waals surface area contributed by atoms with Crippen LogP contribution >= 0.6 is 0 Å². The molecule has 7 heteroatoms. The summed E-state index contributed by atoms with van der Waals surface area (Å²) in [6.07, 6.45) is 3.93. The molecule has 2 amide bonds. The minimum absolute atomic E-state index is 0.0416. The van der Waals surface area contributed by atoms with Crippen LogP contribution in [0.15, 0.2) is 48.5 Å². The first-order chi connectivity index (χ1) is 16.9. The maximum Gasteiger partial charge on any atom is 0.407 e. The first kappa shape index (κ1) is 23.4. The standard InChI is InChI=1S/C28H32N2O5/c31-25(30-17-28(26(32)33)10-5-11-28)14-18-12-19(13-18)15-29-27(34)35-16-24-22-8-3-1-6-20(22)21-7-2-4-9-23(21)24/h1-4,6-9,18-19,24H,5,10-17H2,(H,29,34)(H,30,31)(H,32,33). The van der Waals surface area contributed by atoms with Crippen LogP contribution in [0, 0.1) is 17.3 Å². The van der Waals surface area contributed by atoms with Gasteiger partial charge in [-0.3, -0.25) is 9.59 Å². The number of ether oxygens (including phenoxy) is 1. The summed E-state index contributed by atoms with van der Waals surface area (Å²) in [5.74, 6) is -0.228. The van der Waals surface area contributed by atoms with Gasteiger partial charge in [0.25, 0.3) is 0 Å². The predicted molar refractivity (Wildman–Crippen MR) is 131 cm³/mol. The molecule has 35 heavy (non-hydrogen) atoms. The molecule has 0 bridgehead atoms. The predicted octanol–water partition coefficient (Wildman–Crippen LogP) is 4.31. The van der Waals surface area contributed by atoms with Gasteiger partial charge in [0.2, 0.25) is 5.91 Å². The van der Waals surface area contributed by atoms with Crippen molar-refractivity contribution in [3.63, 3.8) is 0 Å². The molecule has 0 spiro atoms. The summed E-state index contributed by atoms with van der Waals surface area (Å²) in [5, 5.41) is 15.1. The zero-order valence-corrected chi connectivity index (χ0v) is 19.8. The van der Waals surface area contributed by atoms with Crippen LogP contribution in [-0.4, -0.2) is 42.8 Å². The number of aliphatic carboxylic acids is 1. The molecule has 0 unspecified atom stereocenters. The maximum absolute atomic E-state index is 12.4. The average molecular weight is 477 g/mol. The Morgan fingerprint density at radius 2 is 1.54 bits per heavy atom. The molecule has 0 saturated heterocycles. The van der Waals surface area contributed by atoms with Crippen molar-refractivity contribution in [3.05, 3.63) is 59.7 Å². The fourth-order valence-corrected chi connectivity index (χ4v) is 5.76. The van der Waals surface area contributed by atoms with Crippen LogP contribution in [0.25, 0.3) is 11.1 Å². The summed E-state index contributed by atoms with van der Waals surface area (Å²) >= 11 is 0. The lowest BCUT2D eigenvalue weighted by Gasteiger charge is -2.38. The fourth-order valence-electron chi connectivity index (χ4n) is 5.76. The molecular formula is C28H32N2O5. The monoisotopic (exact) mass is 476 g/mol. The zero-order chi connectivity index (χ0) is 24.4. The molecule has 0 radical (unpaired) electrons. The normalized spacial score (nSPS) is 21.6. The molecule has 184 valence electrons. The third kappa shape index (κ3) is 4.77. The number of hydrogen-bond donors (Lipinski definition) is 3. The van der Waals surface area contributed by atoms with E-state index in [0.717, 1.165) is 19.3 Å². The van der Waals surface area contributed by atoms with Crippen LogP contribution < -0.4 is 10.6 Å². The van der Waals surface area contributed by atoms with E-state index >= 15 is 0 Å². The summed E-state index contributed by atoms with van der Waals surface area (Å²) in [4.78, 5) is 36.0.